The molecule has 0 radical (unpaired) electrons. The summed E-state index contributed by atoms with van der Waals surface area (Å²) in [5, 5.41) is 6.88. The van der Waals surface area contributed by atoms with Gasteiger partial charge in [0.2, 0.25) is 0 Å². The van der Waals surface area contributed by atoms with Crippen molar-refractivity contribution in [3.63, 3.8) is 0 Å². The van der Waals surface area contributed by atoms with E-state index in [9.17, 15) is 0 Å². The third-order valence-corrected chi connectivity index (χ3v) is 5.04. The standard InChI is InChI=1S/C20H18N4OS/c1-12-4-6-17(13(2)8-12)23-20-24-21-11-15-9-14-10-16(25-3)5-7-18(14)22-19(15)26-20/h4-11H,1-3H3,(H,23,24). The lowest BCUT2D eigenvalue weighted by molar-refractivity contribution is 0.415. The molecule has 0 aliphatic carbocycles. The molecule has 0 saturated heterocycles. The Morgan fingerprint density at radius 3 is 2.77 bits per heavy atom. The maximum Gasteiger partial charge on any atom is 0.188 e. The van der Waals surface area contributed by atoms with Gasteiger partial charge in [0.25, 0.3) is 0 Å². The van der Waals surface area contributed by atoms with Gasteiger partial charge in [-0.1, -0.05) is 17.7 Å². The monoisotopic (exact) mass is 362 g/mol. The van der Waals surface area contributed by atoms with Gasteiger partial charge in [0, 0.05) is 10.9 Å². The number of hydrogen-bond donors (Lipinski definition) is 1. The van der Waals surface area contributed by atoms with Gasteiger partial charge in [0.1, 0.15) is 10.8 Å². The van der Waals surface area contributed by atoms with Crippen LogP contribution in [0, 0.1) is 13.8 Å². The summed E-state index contributed by atoms with van der Waals surface area (Å²) in [5.41, 5.74) is 8.16. The molecule has 1 N–H and O–H groups in total. The Labute approximate surface area is 156 Å². The van der Waals surface area contributed by atoms with Gasteiger partial charge in [-0.2, -0.15) is 5.10 Å². The van der Waals surface area contributed by atoms with Gasteiger partial charge < -0.3 is 4.74 Å². The number of methoxy groups -OCH3 is 1. The van der Waals surface area contributed by atoms with Crippen molar-refractivity contribution >= 4 is 39.7 Å². The van der Waals surface area contributed by atoms with E-state index >= 15 is 0 Å². The highest BCUT2D eigenvalue weighted by molar-refractivity contribution is 8.13. The second kappa shape index (κ2) is 6.80. The SMILES string of the molecule is COc1ccc2nc3c(cc2c1)C=NNC(=Nc1ccc(C)cc1C)S3. The fourth-order valence-electron chi connectivity index (χ4n) is 2.81. The highest BCUT2D eigenvalue weighted by Gasteiger charge is 2.14. The number of aliphatic imine (C=N–C) groups is 1. The zero-order valence-electron chi connectivity index (χ0n) is 14.8. The molecule has 0 amide bonds. The Balaban J connectivity index is 1.73. The summed E-state index contributed by atoms with van der Waals surface area (Å²) in [4.78, 5) is 9.49. The number of aromatic nitrogens is 1. The largest absolute Gasteiger partial charge is 0.497 e. The summed E-state index contributed by atoms with van der Waals surface area (Å²) in [5.74, 6) is 0.813. The molecule has 5 nitrogen and oxygen atoms in total. The summed E-state index contributed by atoms with van der Waals surface area (Å²) >= 11 is 1.48. The molecule has 0 unspecified atom stereocenters. The Morgan fingerprint density at radius 2 is 1.96 bits per heavy atom. The number of amidine groups is 1. The van der Waals surface area contributed by atoms with Gasteiger partial charge in [0.05, 0.1) is 24.5 Å². The first-order valence-electron chi connectivity index (χ1n) is 8.24. The van der Waals surface area contributed by atoms with Crippen LogP contribution >= 0.6 is 11.8 Å². The van der Waals surface area contributed by atoms with Crippen LogP contribution in [0.5, 0.6) is 5.75 Å². The van der Waals surface area contributed by atoms with E-state index in [1.807, 2.05) is 24.3 Å². The number of hydrogen-bond acceptors (Lipinski definition) is 5. The summed E-state index contributed by atoms with van der Waals surface area (Å²) in [6.45, 7) is 4.14. The zero-order valence-corrected chi connectivity index (χ0v) is 15.6. The minimum atomic E-state index is 0.701. The fourth-order valence-corrected chi connectivity index (χ4v) is 3.61. The molecule has 6 heteroatoms. The number of nitrogens with one attached hydrogen (secondary N) is 1. The topological polar surface area (TPSA) is 58.9 Å². The van der Waals surface area contributed by atoms with Gasteiger partial charge in [-0.3, -0.25) is 5.43 Å². The van der Waals surface area contributed by atoms with Crippen molar-refractivity contribution in [2.24, 2.45) is 10.1 Å². The smallest absolute Gasteiger partial charge is 0.188 e. The van der Waals surface area contributed by atoms with Gasteiger partial charge >= 0.3 is 0 Å². The molecular weight excluding hydrogens is 344 g/mol. The molecule has 0 saturated carbocycles. The number of thioether (sulfide) groups is 1. The summed E-state index contributed by atoms with van der Waals surface area (Å²) in [7, 11) is 1.66. The van der Waals surface area contributed by atoms with Crippen molar-refractivity contribution in [2.45, 2.75) is 18.9 Å². The first-order chi connectivity index (χ1) is 12.6. The zero-order chi connectivity index (χ0) is 18.1. The number of ether oxygens (including phenoxy) is 1. The summed E-state index contributed by atoms with van der Waals surface area (Å²) < 4.78 is 5.30. The van der Waals surface area contributed by atoms with Gasteiger partial charge in [-0.15, -0.1) is 0 Å². The maximum atomic E-state index is 5.30. The van der Waals surface area contributed by atoms with Crippen LogP contribution in [-0.4, -0.2) is 23.5 Å². The van der Waals surface area contributed by atoms with Crippen molar-refractivity contribution in [3.05, 3.63) is 59.2 Å². The van der Waals surface area contributed by atoms with E-state index in [2.05, 4.69) is 42.6 Å². The molecule has 0 fully saturated rings. The van der Waals surface area contributed by atoms with E-state index < -0.39 is 0 Å². The Hall–Kier alpha value is -2.86. The lowest BCUT2D eigenvalue weighted by Crippen LogP contribution is -2.11. The van der Waals surface area contributed by atoms with Crippen molar-refractivity contribution < 1.29 is 4.74 Å². The average molecular weight is 362 g/mol. The lowest BCUT2D eigenvalue weighted by Gasteiger charge is -2.08. The van der Waals surface area contributed by atoms with E-state index in [0.29, 0.717) is 5.17 Å². The second-order valence-corrected chi connectivity index (χ2v) is 7.10. The third kappa shape index (κ3) is 3.28. The molecule has 1 aromatic heterocycles. The van der Waals surface area contributed by atoms with E-state index in [1.165, 1.54) is 17.3 Å². The third-order valence-electron chi connectivity index (χ3n) is 4.15. The van der Waals surface area contributed by atoms with Crippen LogP contribution in [0.1, 0.15) is 16.7 Å². The molecule has 1 aliphatic heterocycles. The molecule has 2 aromatic carbocycles. The number of aryl methyl sites for hydroxylation is 2. The van der Waals surface area contributed by atoms with Crippen LogP contribution in [0.15, 0.2) is 57.6 Å². The van der Waals surface area contributed by atoms with Crippen LogP contribution in [0.2, 0.25) is 0 Å². The Morgan fingerprint density at radius 1 is 1.08 bits per heavy atom. The molecular formula is C20H18N4OS. The Kier molecular flexibility index (Phi) is 4.34. The van der Waals surface area contributed by atoms with Crippen molar-refractivity contribution in [3.8, 4) is 5.75 Å². The molecule has 0 spiro atoms. The normalized spacial score (nSPS) is 14.8. The molecule has 0 bridgehead atoms. The number of fused-ring (bicyclic) bond motifs is 2. The molecule has 4 rings (SSSR count). The molecule has 3 aromatic rings. The summed E-state index contributed by atoms with van der Waals surface area (Å²) in [6, 6.07) is 14.1. The summed E-state index contributed by atoms with van der Waals surface area (Å²) in [6.07, 6.45) is 1.78. The van der Waals surface area contributed by atoms with Crippen LogP contribution in [0.4, 0.5) is 5.69 Å². The highest BCUT2D eigenvalue weighted by Crippen LogP contribution is 2.29. The van der Waals surface area contributed by atoms with Crippen molar-refractivity contribution in [1.29, 1.82) is 0 Å². The quantitative estimate of drug-likeness (QED) is 0.725. The molecule has 2 heterocycles. The van der Waals surface area contributed by atoms with Crippen LogP contribution in [0.25, 0.3) is 10.9 Å². The maximum absolute atomic E-state index is 5.30. The molecule has 0 atom stereocenters. The van der Waals surface area contributed by atoms with Gasteiger partial charge in [-0.25, -0.2) is 9.98 Å². The van der Waals surface area contributed by atoms with Crippen molar-refractivity contribution in [1.82, 2.24) is 10.4 Å². The first kappa shape index (κ1) is 16.6. The lowest BCUT2D eigenvalue weighted by atomic mass is 10.1. The van der Waals surface area contributed by atoms with E-state index in [0.717, 1.165) is 38.5 Å². The molecule has 26 heavy (non-hydrogen) atoms. The minimum absolute atomic E-state index is 0.701. The average Bonchev–Trinajstić information content (AvgIpc) is 2.83. The first-order valence-corrected chi connectivity index (χ1v) is 9.06. The number of benzene rings is 2. The van der Waals surface area contributed by atoms with Gasteiger partial charge in [-0.05, 0) is 61.5 Å². The van der Waals surface area contributed by atoms with Crippen LogP contribution in [-0.2, 0) is 0 Å². The van der Waals surface area contributed by atoms with E-state index in [4.69, 9.17) is 14.7 Å². The molecule has 1 aliphatic rings. The number of nitrogens with zero attached hydrogens (tertiary/aromatic N) is 3. The van der Waals surface area contributed by atoms with Crippen LogP contribution in [0.3, 0.4) is 0 Å². The minimum Gasteiger partial charge on any atom is -0.497 e. The number of rotatable bonds is 2. The van der Waals surface area contributed by atoms with E-state index in [-0.39, 0.29) is 0 Å². The van der Waals surface area contributed by atoms with E-state index in [1.54, 1.807) is 13.3 Å². The fraction of sp³-hybridized carbons (Fsp3) is 0.150. The van der Waals surface area contributed by atoms with Gasteiger partial charge in [0.15, 0.2) is 5.17 Å². The number of pyridine rings is 1. The Bertz CT molecular complexity index is 1060. The predicted molar refractivity (Wildman–Crippen MR) is 108 cm³/mol. The molecule has 130 valence electrons. The highest BCUT2D eigenvalue weighted by atomic mass is 32.2. The van der Waals surface area contributed by atoms with Crippen molar-refractivity contribution in [2.75, 3.05) is 7.11 Å². The van der Waals surface area contributed by atoms with Crippen LogP contribution < -0.4 is 10.2 Å². The number of hydrazone groups is 1. The predicted octanol–water partition coefficient (Wildman–Crippen LogP) is 4.58. The second-order valence-electron chi connectivity index (χ2n) is 6.12.